The minimum Gasteiger partial charge on any atom is -0.465 e. The number of alkyl halides is 3. The van der Waals surface area contributed by atoms with Crippen LogP contribution in [0.2, 0.25) is 0 Å². The standard InChI is InChI=1S/C23H20F3N3O4S/c1-33-22(32)13-3-5-15-12(10-13)2-6-16(21(31)29-15)27-19(30)8-9-20-28-17-11-14(23(24,25)26)4-7-18(17)34-20/h3-5,7,10-11,16H,2,6,8-9H2,1H3,(H,27,30)(H,29,31). The maximum absolute atomic E-state index is 12.9. The Hall–Kier alpha value is -3.47. The van der Waals surface area contributed by atoms with Gasteiger partial charge in [-0.05, 0) is 54.8 Å². The number of aryl methyl sites for hydroxylation is 2. The van der Waals surface area contributed by atoms with Crippen LogP contribution in [0.15, 0.2) is 36.4 Å². The Morgan fingerprint density at radius 2 is 2.03 bits per heavy atom. The monoisotopic (exact) mass is 491 g/mol. The van der Waals surface area contributed by atoms with Crippen molar-refractivity contribution < 1.29 is 32.3 Å². The first-order chi connectivity index (χ1) is 16.1. The number of ether oxygens (including phenoxy) is 1. The lowest BCUT2D eigenvalue weighted by atomic mass is 10.0. The molecule has 0 spiro atoms. The van der Waals surface area contributed by atoms with Crippen LogP contribution in [-0.4, -0.2) is 35.9 Å². The number of thiazole rings is 1. The minimum absolute atomic E-state index is 0.0369. The van der Waals surface area contributed by atoms with Crippen molar-refractivity contribution in [2.24, 2.45) is 0 Å². The van der Waals surface area contributed by atoms with Crippen molar-refractivity contribution in [3.05, 3.63) is 58.1 Å². The number of benzene rings is 2. The highest BCUT2D eigenvalue weighted by molar-refractivity contribution is 7.18. The second-order valence-corrected chi connectivity index (χ2v) is 8.91. The van der Waals surface area contributed by atoms with Gasteiger partial charge in [-0.15, -0.1) is 11.3 Å². The fraction of sp³-hybridized carbons (Fsp3) is 0.304. The zero-order valence-electron chi connectivity index (χ0n) is 18.0. The zero-order valence-corrected chi connectivity index (χ0v) is 18.8. The number of carbonyl (C=O) groups is 3. The van der Waals surface area contributed by atoms with Crippen LogP contribution in [0, 0.1) is 0 Å². The summed E-state index contributed by atoms with van der Waals surface area (Å²) in [6.45, 7) is 0. The van der Waals surface area contributed by atoms with Crippen LogP contribution in [-0.2, 0) is 33.3 Å². The van der Waals surface area contributed by atoms with Crippen LogP contribution in [0.3, 0.4) is 0 Å². The first kappa shape index (κ1) is 23.7. The number of esters is 1. The van der Waals surface area contributed by atoms with E-state index in [-0.39, 0.29) is 30.2 Å². The van der Waals surface area contributed by atoms with Crippen LogP contribution in [0.25, 0.3) is 10.2 Å². The average molecular weight is 491 g/mol. The van der Waals surface area contributed by atoms with Crippen LogP contribution in [0.5, 0.6) is 0 Å². The lowest BCUT2D eigenvalue weighted by Gasteiger charge is -2.15. The zero-order chi connectivity index (χ0) is 24.5. The third-order valence-electron chi connectivity index (χ3n) is 5.46. The van der Waals surface area contributed by atoms with E-state index < -0.39 is 23.8 Å². The number of nitrogens with one attached hydrogen (secondary N) is 2. The molecule has 7 nitrogen and oxygen atoms in total. The molecule has 0 saturated heterocycles. The highest BCUT2D eigenvalue weighted by Crippen LogP contribution is 2.33. The third-order valence-corrected chi connectivity index (χ3v) is 6.56. The first-order valence-corrected chi connectivity index (χ1v) is 11.2. The highest BCUT2D eigenvalue weighted by atomic mass is 32.1. The van der Waals surface area contributed by atoms with Crippen molar-refractivity contribution in [1.82, 2.24) is 10.3 Å². The Kier molecular flexibility index (Phi) is 6.56. The number of anilines is 1. The molecule has 2 amide bonds. The van der Waals surface area contributed by atoms with Gasteiger partial charge in [0.15, 0.2) is 0 Å². The van der Waals surface area contributed by atoms with Crippen LogP contribution >= 0.6 is 11.3 Å². The molecule has 3 aromatic rings. The molecule has 2 aromatic carbocycles. The van der Waals surface area contributed by atoms with Gasteiger partial charge >= 0.3 is 12.1 Å². The molecule has 1 atom stereocenters. The smallest absolute Gasteiger partial charge is 0.416 e. The molecule has 1 unspecified atom stereocenters. The normalized spacial score (nSPS) is 15.9. The van der Waals surface area contributed by atoms with Gasteiger partial charge in [-0.25, -0.2) is 9.78 Å². The molecule has 34 heavy (non-hydrogen) atoms. The van der Waals surface area contributed by atoms with E-state index in [0.29, 0.717) is 33.8 Å². The molecule has 0 radical (unpaired) electrons. The maximum Gasteiger partial charge on any atom is 0.416 e. The molecule has 1 aliphatic heterocycles. The van der Waals surface area contributed by atoms with E-state index in [0.717, 1.165) is 17.7 Å². The topological polar surface area (TPSA) is 97.4 Å². The second-order valence-electron chi connectivity index (χ2n) is 7.80. The molecule has 0 saturated carbocycles. The van der Waals surface area contributed by atoms with E-state index in [1.807, 2.05) is 0 Å². The molecule has 178 valence electrons. The van der Waals surface area contributed by atoms with Gasteiger partial charge in [0.2, 0.25) is 11.8 Å². The van der Waals surface area contributed by atoms with Crippen molar-refractivity contribution in [2.45, 2.75) is 37.9 Å². The van der Waals surface area contributed by atoms with E-state index in [9.17, 15) is 27.6 Å². The maximum atomic E-state index is 12.9. The second kappa shape index (κ2) is 9.41. The van der Waals surface area contributed by atoms with E-state index in [1.54, 1.807) is 18.2 Å². The van der Waals surface area contributed by atoms with Crippen LogP contribution < -0.4 is 10.6 Å². The lowest BCUT2D eigenvalue weighted by molar-refractivity contribution is -0.137. The molecule has 2 N–H and O–H groups in total. The number of methoxy groups -OCH3 is 1. The summed E-state index contributed by atoms with van der Waals surface area (Å²) < 4.78 is 44.0. The summed E-state index contributed by atoms with van der Waals surface area (Å²) in [7, 11) is 1.29. The number of hydrogen-bond acceptors (Lipinski definition) is 6. The van der Waals surface area contributed by atoms with E-state index >= 15 is 0 Å². The van der Waals surface area contributed by atoms with Crippen molar-refractivity contribution in [2.75, 3.05) is 12.4 Å². The number of amides is 2. The average Bonchev–Trinajstić information content (AvgIpc) is 3.15. The molecular formula is C23H20F3N3O4S. The van der Waals surface area contributed by atoms with Gasteiger partial charge in [0, 0.05) is 18.5 Å². The van der Waals surface area contributed by atoms with Gasteiger partial charge in [0.25, 0.3) is 0 Å². The van der Waals surface area contributed by atoms with Gasteiger partial charge in [-0.1, -0.05) is 0 Å². The van der Waals surface area contributed by atoms with Crippen molar-refractivity contribution in [3.63, 3.8) is 0 Å². The van der Waals surface area contributed by atoms with E-state index in [4.69, 9.17) is 4.74 Å². The third kappa shape index (κ3) is 5.19. The molecule has 0 bridgehead atoms. The number of carbonyl (C=O) groups excluding carboxylic acids is 3. The molecule has 0 fully saturated rings. The largest absolute Gasteiger partial charge is 0.465 e. The summed E-state index contributed by atoms with van der Waals surface area (Å²) >= 11 is 1.23. The Morgan fingerprint density at radius 3 is 2.76 bits per heavy atom. The Morgan fingerprint density at radius 1 is 1.24 bits per heavy atom. The molecule has 1 aromatic heterocycles. The Labute approximate surface area is 196 Å². The molecule has 11 heteroatoms. The summed E-state index contributed by atoms with van der Waals surface area (Å²) in [5, 5.41) is 6.01. The molecular weight excluding hydrogens is 471 g/mol. The minimum atomic E-state index is -4.45. The summed E-state index contributed by atoms with van der Waals surface area (Å²) in [5.41, 5.74) is 1.18. The van der Waals surface area contributed by atoms with Crippen molar-refractivity contribution in [1.29, 1.82) is 0 Å². The number of hydrogen-bond donors (Lipinski definition) is 2. The molecule has 1 aliphatic rings. The highest BCUT2D eigenvalue weighted by Gasteiger charge is 2.31. The molecule has 0 aliphatic carbocycles. The SMILES string of the molecule is COC(=O)c1ccc2c(c1)CCC(NC(=O)CCc1nc3cc(C(F)(F)F)ccc3s1)C(=O)N2. The van der Waals surface area contributed by atoms with Gasteiger partial charge < -0.3 is 15.4 Å². The number of halogens is 3. The summed E-state index contributed by atoms with van der Waals surface area (Å²) in [6, 6.07) is 7.45. The van der Waals surface area contributed by atoms with Crippen molar-refractivity contribution in [3.8, 4) is 0 Å². The van der Waals surface area contributed by atoms with E-state index in [2.05, 4.69) is 15.6 Å². The Bertz CT molecular complexity index is 1270. The number of rotatable bonds is 5. The fourth-order valence-corrected chi connectivity index (χ4v) is 4.65. The van der Waals surface area contributed by atoms with Crippen molar-refractivity contribution >= 4 is 45.0 Å². The molecule has 2 heterocycles. The number of aromatic nitrogens is 1. The predicted molar refractivity (Wildman–Crippen MR) is 120 cm³/mol. The van der Waals surface area contributed by atoms with E-state index in [1.165, 1.54) is 24.5 Å². The van der Waals surface area contributed by atoms with Gasteiger partial charge in [-0.2, -0.15) is 13.2 Å². The summed E-state index contributed by atoms with van der Waals surface area (Å²) in [6.07, 6.45) is -3.36. The quantitative estimate of drug-likeness (QED) is 0.524. The number of nitrogens with zero attached hydrogens (tertiary/aromatic N) is 1. The predicted octanol–water partition coefficient (Wildman–Crippen LogP) is 4.10. The van der Waals surface area contributed by atoms with Gasteiger partial charge in [-0.3, -0.25) is 9.59 Å². The van der Waals surface area contributed by atoms with Gasteiger partial charge in [0.1, 0.15) is 6.04 Å². The van der Waals surface area contributed by atoms with Crippen LogP contribution in [0.4, 0.5) is 18.9 Å². The van der Waals surface area contributed by atoms with Gasteiger partial charge in [0.05, 0.1) is 33.5 Å². The first-order valence-electron chi connectivity index (χ1n) is 10.4. The number of fused-ring (bicyclic) bond motifs is 2. The summed E-state index contributed by atoms with van der Waals surface area (Å²) in [5.74, 6) is -1.21. The lowest BCUT2D eigenvalue weighted by Crippen LogP contribution is -2.43. The fourth-order valence-electron chi connectivity index (χ4n) is 3.70. The Balaban J connectivity index is 1.36. The summed E-state index contributed by atoms with van der Waals surface area (Å²) in [4.78, 5) is 41.0. The molecule has 4 rings (SSSR count). The van der Waals surface area contributed by atoms with Crippen LogP contribution in [0.1, 0.15) is 39.3 Å².